The Labute approximate surface area is 251 Å². The van der Waals surface area contributed by atoms with Crippen LogP contribution in [0.15, 0.2) is 133 Å². The highest BCUT2D eigenvalue weighted by Gasteiger charge is 2.35. The molecular weight excluding hydrogens is 520 g/mol. The number of fused-ring (bicyclic) bond motifs is 9. The molecule has 1 aliphatic carbocycles. The van der Waals surface area contributed by atoms with E-state index in [2.05, 4.69) is 156 Å². The standard InChI is InChI=1S/C41H32N2/c1-41(2)35-23-27(25-42-37-15-7-3-11-31(37)32-12-4-8-16-38(32)42)19-21-29(35)30-22-20-28(24-36(30)41)26-43-39-17-9-5-13-33(39)34-14-6-10-18-40(34)43/h3-24H,25-26H2,1-2H3. The van der Waals surface area contributed by atoms with E-state index in [0.717, 1.165) is 13.1 Å². The smallest absolute Gasteiger partial charge is 0.0494 e. The van der Waals surface area contributed by atoms with Gasteiger partial charge in [0.15, 0.2) is 0 Å². The minimum atomic E-state index is -0.0711. The maximum atomic E-state index is 2.48. The quantitative estimate of drug-likeness (QED) is 0.206. The molecule has 2 aromatic heterocycles. The van der Waals surface area contributed by atoms with Gasteiger partial charge in [0.2, 0.25) is 0 Å². The summed E-state index contributed by atoms with van der Waals surface area (Å²) in [4.78, 5) is 0. The van der Waals surface area contributed by atoms with E-state index < -0.39 is 0 Å². The fourth-order valence-electron chi connectivity index (χ4n) is 7.74. The topological polar surface area (TPSA) is 9.86 Å². The molecule has 0 atom stereocenters. The number of para-hydroxylation sites is 4. The minimum absolute atomic E-state index is 0.0711. The molecule has 43 heavy (non-hydrogen) atoms. The zero-order valence-electron chi connectivity index (χ0n) is 24.5. The predicted octanol–water partition coefficient (Wildman–Crippen LogP) is 10.3. The van der Waals surface area contributed by atoms with Crippen LogP contribution < -0.4 is 0 Å². The molecule has 2 heterocycles. The van der Waals surface area contributed by atoms with Gasteiger partial charge in [0, 0.05) is 62.1 Å². The van der Waals surface area contributed by atoms with E-state index in [-0.39, 0.29) is 5.41 Å². The normalized spacial score (nSPS) is 13.7. The largest absolute Gasteiger partial charge is 0.336 e. The van der Waals surface area contributed by atoms with Gasteiger partial charge in [-0.15, -0.1) is 0 Å². The van der Waals surface area contributed by atoms with Crippen molar-refractivity contribution >= 4 is 43.6 Å². The first-order chi connectivity index (χ1) is 21.1. The molecule has 2 nitrogen and oxygen atoms in total. The summed E-state index contributed by atoms with van der Waals surface area (Å²) in [5, 5.41) is 5.29. The summed E-state index contributed by atoms with van der Waals surface area (Å²) < 4.78 is 4.95. The van der Waals surface area contributed by atoms with Crippen molar-refractivity contribution in [3.63, 3.8) is 0 Å². The lowest BCUT2D eigenvalue weighted by Crippen LogP contribution is -2.16. The summed E-state index contributed by atoms with van der Waals surface area (Å²) in [5.74, 6) is 0. The van der Waals surface area contributed by atoms with Crippen LogP contribution in [0, 0.1) is 0 Å². The van der Waals surface area contributed by atoms with Gasteiger partial charge < -0.3 is 9.13 Å². The van der Waals surface area contributed by atoms with Crippen molar-refractivity contribution in [3.05, 3.63) is 156 Å². The molecule has 0 unspecified atom stereocenters. The molecule has 0 fully saturated rings. The van der Waals surface area contributed by atoms with E-state index in [1.165, 1.54) is 77.0 Å². The molecule has 2 heteroatoms. The number of rotatable bonds is 4. The molecule has 8 aromatic rings. The van der Waals surface area contributed by atoms with E-state index in [0.29, 0.717) is 0 Å². The van der Waals surface area contributed by atoms with Gasteiger partial charge in [0.05, 0.1) is 0 Å². The highest BCUT2D eigenvalue weighted by molar-refractivity contribution is 6.09. The maximum absolute atomic E-state index is 2.48. The molecule has 6 aromatic carbocycles. The molecular formula is C41H32N2. The Morgan fingerprint density at radius 1 is 0.419 bits per heavy atom. The lowest BCUT2D eigenvalue weighted by atomic mass is 9.81. The van der Waals surface area contributed by atoms with E-state index in [1.54, 1.807) is 0 Å². The highest BCUT2D eigenvalue weighted by atomic mass is 15.0. The van der Waals surface area contributed by atoms with Gasteiger partial charge in [-0.1, -0.05) is 123 Å². The van der Waals surface area contributed by atoms with Gasteiger partial charge in [-0.25, -0.2) is 0 Å². The number of nitrogens with zero attached hydrogens (tertiary/aromatic N) is 2. The van der Waals surface area contributed by atoms with E-state index >= 15 is 0 Å². The molecule has 0 spiro atoms. The molecule has 0 radical (unpaired) electrons. The number of hydrogen-bond donors (Lipinski definition) is 0. The van der Waals surface area contributed by atoms with Crippen molar-refractivity contribution in [3.8, 4) is 11.1 Å². The Hall–Kier alpha value is -5.08. The van der Waals surface area contributed by atoms with Crippen LogP contribution in [0.3, 0.4) is 0 Å². The van der Waals surface area contributed by atoms with Crippen molar-refractivity contribution in [1.82, 2.24) is 9.13 Å². The van der Waals surface area contributed by atoms with Crippen LogP contribution in [0.5, 0.6) is 0 Å². The predicted molar refractivity (Wildman–Crippen MR) is 181 cm³/mol. The third-order valence-electron chi connectivity index (χ3n) is 9.85. The van der Waals surface area contributed by atoms with Crippen molar-refractivity contribution in [2.45, 2.75) is 32.4 Å². The Bertz CT molecular complexity index is 2110. The van der Waals surface area contributed by atoms with Gasteiger partial charge in [-0.05, 0) is 57.6 Å². The van der Waals surface area contributed by atoms with Gasteiger partial charge in [-0.2, -0.15) is 0 Å². The third-order valence-corrected chi connectivity index (χ3v) is 9.85. The summed E-state index contributed by atoms with van der Waals surface area (Å²) in [6, 6.07) is 49.5. The average Bonchev–Trinajstić information content (AvgIpc) is 3.61. The van der Waals surface area contributed by atoms with Gasteiger partial charge in [0.1, 0.15) is 0 Å². The van der Waals surface area contributed by atoms with E-state index in [9.17, 15) is 0 Å². The second kappa shape index (κ2) is 8.96. The van der Waals surface area contributed by atoms with Crippen molar-refractivity contribution in [1.29, 1.82) is 0 Å². The van der Waals surface area contributed by atoms with E-state index in [1.807, 2.05) is 0 Å². The number of benzene rings is 6. The molecule has 9 rings (SSSR count). The highest BCUT2D eigenvalue weighted by Crippen LogP contribution is 2.49. The SMILES string of the molecule is CC1(C)c2cc(Cn3c4ccccc4c4ccccc43)ccc2-c2ccc(Cn3c4ccccc4c4ccccc43)cc21. The summed E-state index contributed by atoms with van der Waals surface area (Å²) >= 11 is 0. The second-order valence-electron chi connectivity index (χ2n) is 12.6. The first-order valence-corrected chi connectivity index (χ1v) is 15.3. The lowest BCUT2D eigenvalue weighted by Gasteiger charge is -2.23. The van der Waals surface area contributed by atoms with Crippen LogP contribution in [0.4, 0.5) is 0 Å². The Kier molecular flexibility index (Phi) is 5.11. The first kappa shape index (κ1) is 24.5. The summed E-state index contributed by atoms with van der Waals surface area (Å²) in [6.45, 7) is 6.50. The summed E-state index contributed by atoms with van der Waals surface area (Å²) in [6.07, 6.45) is 0. The van der Waals surface area contributed by atoms with Gasteiger partial charge in [-0.3, -0.25) is 0 Å². The third kappa shape index (κ3) is 3.53. The molecule has 1 aliphatic rings. The molecule has 0 aliphatic heterocycles. The fraction of sp³-hybridized carbons (Fsp3) is 0.122. The molecule has 0 saturated heterocycles. The van der Waals surface area contributed by atoms with Crippen molar-refractivity contribution < 1.29 is 0 Å². The molecule has 0 amide bonds. The Morgan fingerprint density at radius 2 is 0.744 bits per heavy atom. The summed E-state index contributed by atoms with van der Waals surface area (Å²) in [5.41, 5.74) is 13.4. The second-order valence-corrected chi connectivity index (χ2v) is 12.6. The molecule has 206 valence electrons. The summed E-state index contributed by atoms with van der Waals surface area (Å²) in [7, 11) is 0. The number of aromatic nitrogens is 2. The zero-order chi connectivity index (χ0) is 28.7. The monoisotopic (exact) mass is 552 g/mol. The van der Waals surface area contributed by atoms with Crippen LogP contribution in [0.1, 0.15) is 36.1 Å². The van der Waals surface area contributed by atoms with Crippen LogP contribution in [-0.4, -0.2) is 9.13 Å². The lowest BCUT2D eigenvalue weighted by molar-refractivity contribution is 0.656. The van der Waals surface area contributed by atoms with Crippen molar-refractivity contribution in [2.75, 3.05) is 0 Å². The minimum Gasteiger partial charge on any atom is -0.336 e. The van der Waals surface area contributed by atoms with Crippen LogP contribution in [-0.2, 0) is 18.5 Å². The average molecular weight is 553 g/mol. The first-order valence-electron chi connectivity index (χ1n) is 15.3. The molecule has 0 bridgehead atoms. The van der Waals surface area contributed by atoms with Gasteiger partial charge >= 0.3 is 0 Å². The fourth-order valence-corrected chi connectivity index (χ4v) is 7.74. The van der Waals surface area contributed by atoms with Crippen LogP contribution in [0.25, 0.3) is 54.7 Å². The molecule has 0 saturated carbocycles. The Balaban J connectivity index is 1.11. The number of hydrogen-bond acceptors (Lipinski definition) is 0. The maximum Gasteiger partial charge on any atom is 0.0494 e. The van der Waals surface area contributed by atoms with Gasteiger partial charge in [0.25, 0.3) is 0 Å². The Morgan fingerprint density at radius 3 is 1.09 bits per heavy atom. The van der Waals surface area contributed by atoms with Crippen molar-refractivity contribution in [2.24, 2.45) is 0 Å². The van der Waals surface area contributed by atoms with Crippen LogP contribution in [0.2, 0.25) is 0 Å². The zero-order valence-corrected chi connectivity index (χ0v) is 24.5. The van der Waals surface area contributed by atoms with E-state index in [4.69, 9.17) is 0 Å². The van der Waals surface area contributed by atoms with Crippen LogP contribution >= 0.6 is 0 Å². The molecule has 0 N–H and O–H groups in total.